The number of fused-ring (bicyclic) bond motifs is 1. The molecule has 1 aliphatic heterocycles. The van der Waals surface area contributed by atoms with Crippen LogP contribution in [-0.2, 0) is 17.8 Å². The van der Waals surface area contributed by atoms with Gasteiger partial charge in [-0.25, -0.2) is 0 Å². The Hall–Kier alpha value is -2.76. The molecule has 0 unspecified atom stereocenters. The number of nitrogens with two attached hydrogens (primary N) is 1. The van der Waals surface area contributed by atoms with Crippen molar-refractivity contribution in [2.75, 3.05) is 25.0 Å². The number of likely N-dealkylation sites (N-methyl/N-ethyl adjacent to an activating group) is 1. The number of rotatable bonds is 5. The van der Waals surface area contributed by atoms with Gasteiger partial charge in [0.05, 0.1) is 19.4 Å². The molecule has 0 spiro atoms. The molecule has 1 aromatic heterocycles. The normalized spacial score (nSPS) is 13.5. The predicted octanol–water partition coefficient (Wildman–Crippen LogP) is 1.79. The number of nitrogens with zero attached hydrogens (tertiary/aromatic N) is 2. The second kappa shape index (κ2) is 6.78. The van der Waals surface area contributed by atoms with Crippen LogP contribution in [0.25, 0.3) is 0 Å². The van der Waals surface area contributed by atoms with Crippen LogP contribution in [0.1, 0.15) is 28.1 Å². The Morgan fingerprint density at radius 1 is 1.33 bits per heavy atom. The van der Waals surface area contributed by atoms with Crippen LogP contribution in [0.3, 0.4) is 0 Å². The lowest BCUT2D eigenvalue weighted by Gasteiger charge is -2.32. The van der Waals surface area contributed by atoms with Gasteiger partial charge in [-0.05, 0) is 48.7 Å². The summed E-state index contributed by atoms with van der Waals surface area (Å²) in [5, 5.41) is 0. The Bertz CT molecular complexity index is 740. The summed E-state index contributed by atoms with van der Waals surface area (Å²) in [4.78, 5) is 27.5. The zero-order valence-electron chi connectivity index (χ0n) is 13.7. The smallest absolute Gasteiger partial charge is 0.248 e. The van der Waals surface area contributed by atoms with Crippen molar-refractivity contribution >= 4 is 17.5 Å². The highest BCUT2D eigenvalue weighted by Crippen LogP contribution is 2.28. The number of hydrogen-bond donors (Lipinski definition) is 1. The summed E-state index contributed by atoms with van der Waals surface area (Å²) in [5.74, 6) is 0.360. The van der Waals surface area contributed by atoms with E-state index < -0.39 is 5.91 Å². The van der Waals surface area contributed by atoms with Crippen LogP contribution in [0.4, 0.5) is 5.69 Å². The number of furan rings is 1. The van der Waals surface area contributed by atoms with Gasteiger partial charge < -0.3 is 20.0 Å². The molecule has 0 saturated heterocycles. The van der Waals surface area contributed by atoms with Crippen molar-refractivity contribution in [3.63, 3.8) is 0 Å². The molecule has 2 amide bonds. The van der Waals surface area contributed by atoms with E-state index in [1.807, 2.05) is 24.3 Å². The van der Waals surface area contributed by atoms with Crippen LogP contribution in [0.2, 0.25) is 0 Å². The van der Waals surface area contributed by atoms with Crippen LogP contribution < -0.4 is 10.6 Å². The first-order chi connectivity index (χ1) is 11.5. The minimum Gasteiger partial charge on any atom is -0.467 e. The minimum atomic E-state index is -0.427. The van der Waals surface area contributed by atoms with Crippen LogP contribution in [0.5, 0.6) is 0 Å². The highest BCUT2D eigenvalue weighted by Gasteiger charge is 2.22. The second-order valence-electron chi connectivity index (χ2n) is 6.06. The van der Waals surface area contributed by atoms with Crippen molar-refractivity contribution in [2.24, 2.45) is 5.73 Å². The summed E-state index contributed by atoms with van der Waals surface area (Å²) < 4.78 is 5.28. The highest BCUT2D eigenvalue weighted by molar-refractivity contribution is 5.93. The molecule has 0 atom stereocenters. The van der Waals surface area contributed by atoms with Gasteiger partial charge in [0, 0.05) is 24.8 Å². The van der Waals surface area contributed by atoms with Gasteiger partial charge in [0.2, 0.25) is 11.8 Å². The number of benzene rings is 1. The number of anilines is 1. The van der Waals surface area contributed by atoms with Crippen molar-refractivity contribution in [3.8, 4) is 0 Å². The van der Waals surface area contributed by atoms with Crippen molar-refractivity contribution in [2.45, 2.75) is 19.4 Å². The molecule has 0 aliphatic carbocycles. The summed E-state index contributed by atoms with van der Waals surface area (Å²) in [6.45, 7) is 1.58. The number of carbonyl (C=O) groups excluding carboxylic acids is 2. The number of primary amides is 1. The fourth-order valence-electron chi connectivity index (χ4n) is 3.00. The fraction of sp³-hybridized carbons (Fsp3) is 0.333. The molecule has 1 aliphatic rings. The molecule has 0 fully saturated rings. The number of hydrogen-bond acceptors (Lipinski definition) is 4. The summed E-state index contributed by atoms with van der Waals surface area (Å²) >= 11 is 0. The standard InChI is InChI=1S/C18H21N3O3/c1-20(11-15-5-3-9-24-15)17(22)12-21-8-2-4-13-10-14(18(19)23)6-7-16(13)21/h3,5-7,9-10H,2,4,8,11-12H2,1H3,(H2,19,23). The van der Waals surface area contributed by atoms with Crippen molar-refractivity contribution in [1.82, 2.24) is 4.90 Å². The number of carbonyl (C=O) groups is 2. The molecular weight excluding hydrogens is 306 g/mol. The molecular formula is C18H21N3O3. The van der Waals surface area contributed by atoms with E-state index in [1.165, 1.54) is 0 Å². The van der Waals surface area contributed by atoms with E-state index in [0.29, 0.717) is 18.7 Å². The molecule has 2 heterocycles. The molecule has 6 heteroatoms. The highest BCUT2D eigenvalue weighted by atomic mass is 16.3. The molecule has 0 radical (unpaired) electrons. The van der Waals surface area contributed by atoms with Gasteiger partial charge in [-0.15, -0.1) is 0 Å². The largest absolute Gasteiger partial charge is 0.467 e. The maximum atomic E-state index is 12.5. The Morgan fingerprint density at radius 3 is 2.88 bits per heavy atom. The number of aryl methyl sites for hydroxylation is 1. The van der Waals surface area contributed by atoms with Crippen LogP contribution in [0, 0.1) is 0 Å². The van der Waals surface area contributed by atoms with Gasteiger partial charge in [-0.3, -0.25) is 9.59 Å². The zero-order valence-corrected chi connectivity index (χ0v) is 13.7. The molecule has 0 saturated carbocycles. The van der Waals surface area contributed by atoms with E-state index in [9.17, 15) is 9.59 Å². The SMILES string of the molecule is CN(Cc1ccco1)C(=O)CN1CCCc2cc(C(N)=O)ccc21. The van der Waals surface area contributed by atoms with Crippen molar-refractivity contribution in [1.29, 1.82) is 0 Å². The Morgan fingerprint density at radius 2 is 2.17 bits per heavy atom. The predicted molar refractivity (Wildman–Crippen MR) is 90.7 cm³/mol. The lowest BCUT2D eigenvalue weighted by Crippen LogP contribution is -2.40. The van der Waals surface area contributed by atoms with E-state index in [1.54, 1.807) is 24.3 Å². The molecule has 24 heavy (non-hydrogen) atoms. The van der Waals surface area contributed by atoms with Gasteiger partial charge in [0.15, 0.2) is 0 Å². The maximum Gasteiger partial charge on any atom is 0.248 e. The third kappa shape index (κ3) is 3.42. The Balaban J connectivity index is 1.70. The lowest BCUT2D eigenvalue weighted by molar-refractivity contribution is -0.129. The maximum absolute atomic E-state index is 12.5. The zero-order chi connectivity index (χ0) is 17.1. The van der Waals surface area contributed by atoms with Gasteiger partial charge in [-0.1, -0.05) is 0 Å². The van der Waals surface area contributed by atoms with E-state index in [2.05, 4.69) is 4.90 Å². The fourth-order valence-corrected chi connectivity index (χ4v) is 3.00. The molecule has 6 nitrogen and oxygen atoms in total. The molecule has 2 N–H and O–H groups in total. The molecule has 3 rings (SSSR count). The Labute approximate surface area is 140 Å². The molecule has 0 bridgehead atoms. The van der Waals surface area contributed by atoms with Gasteiger partial charge in [-0.2, -0.15) is 0 Å². The first kappa shape index (κ1) is 16.1. The van der Waals surface area contributed by atoms with Crippen molar-refractivity contribution in [3.05, 3.63) is 53.5 Å². The summed E-state index contributed by atoms with van der Waals surface area (Å²) in [6, 6.07) is 9.10. The lowest BCUT2D eigenvalue weighted by atomic mass is 9.99. The van der Waals surface area contributed by atoms with Gasteiger partial charge >= 0.3 is 0 Å². The average molecular weight is 327 g/mol. The third-order valence-electron chi connectivity index (χ3n) is 4.30. The van der Waals surface area contributed by atoms with Crippen LogP contribution >= 0.6 is 0 Å². The van der Waals surface area contributed by atoms with Crippen molar-refractivity contribution < 1.29 is 14.0 Å². The van der Waals surface area contributed by atoms with Gasteiger partial charge in [0.1, 0.15) is 5.76 Å². The molecule has 2 aromatic rings. The van der Waals surface area contributed by atoms with E-state index in [-0.39, 0.29) is 5.91 Å². The van der Waals surface area contributed by atoms with E-state index >= 15 is 0 Å². The van der Waals surface area contributed by atoms with E-state index in [0.717, 1.165) is 36.4 Å². The first-order valence-corrected chi connectivity index (χ1v) is 7.98. The summed E-state index contributed by atoms with van der Waals surface area (Å²) in [5.41, 5.74) is 7.93. The second-order valence-corrected chi connectivity index (χ2v) is 6.06. The Kier molecular flexibility index (Phi) is 4.55. The van der Waals surface area contributed by atoms with E-state index in [4.69, 9.17) is 10.2 Å². The summed E-state index contributed by atoms with van der Waals surface area (Å²) in [7, 11) is 1.77. The number of amides is 2. The van der Waals surface area contributed by atoms with Crippen LogP contribution in [0.15, 0.2) is 41.0 Å². The first-order valence-electron chi connectivity index (χ1n) is 7.98. The van der Waals surface area contributed by atoms with Crippen LogP contribution in [-0.4, -0.2) is 36.9 Å². The minimum absolute atomic E-state index is 0.0261. The summed E-state index contributed by atoms with van der Waals surface area (Å²) in [6.07, 6.45) is 3.44. The van der Waals surface area contributed by atoms with Gasteiger partial charge in [0.25, 0.3) is 0 Å². The molecule has 126 valence electrons. The topological polar surface area (TPSA) is 79.8 Å². The quantitative estimate of drug-likeness (QED) is 0.908. The monoisotopic (exact) mass is 327 g/mol. The average Bonchev–Trinajstić information content (AvgIpc) is 3.07. The third-order valence-corrected chi connectivity index (χ3v) is 4.30. The molecule has 1 aromatic carbocycles.